The van der Waals surface area contributed by atoms with Crippen LogP contribution >= 0.6 is 15.9 Å². The first-order chi connectivity index (χ1) is 9.06. The van der Waals surface area contributed by atoms with Crippen LogP contribution in [0.25, 0.3) is 10.8 Å². The second kappa shape index (κ2) is 5.60. The second-order valence-electron chi connectivity index (χ2n) is 4.02. The van der Waals surface area contributed by atoms with Gasteiger partial charge in [0.1, 0.15) is 6.10 Å². The van der Waals surface area contributed by atoms with Gasteiger partial charge in [-0.2, -0.15) is 0 Å². The van der Waals surface area contributed by atoms with E-state index in [1.807, 2.05) is 0 Å². The summed E-state index contributed by atoms with van der Waals surface area (Å²) in [4.78, 5) is 14.3. The van der Waals surface area contributed by atoms with Crippen molar-refractivity contribution in [1.29, 1.82) is 0 Å². The Labute approximate surface area is 117 Å². The molecule has 0 spiro atoms. The molecule has 2 atom stereocenters. The molecule has 0 saturated carbocycles. The summed E-state index contributed by atoms with van der Waals surface area (Å²) < 4.78 is 0. The summed E-state index contributed by atoms with van der Waals surface area (Å²) in [6, 6.07) is 4.35. The number of aliphatic hydroxyl groups is 2. The molecule has 0 amide bonds. The predicted octanol–water partition coefficient (Wildman–Crippen LogP) is 1.93. The van der Waals surface area contributed by atoms with Crippen LogP contribution in [0.2, 0.25) is 0 Å². The van der Waals surface area contributed by atoms with Gasteiger partial charge in [0.25, 0.3) is 5.69 Å². The number of benzene rings is 1. The number of aromatic nitrogens is 1. The lowest BCUT2D eigenvalue weighted by atomic mass is 9.98. The largest absolute Gasteiger partial charge is 0.389 e. The van der Waals surface area contributed by atoms with E-state index < -0.39 is 17.1 Å². The van der Waals surface area contributed by atoms with Crippen LogP contribution in [-0.4, -0.2) is 31.6 Å². The molecule has 0 radical (unpaired) electrons. The first-order valence-corrected chi connectivity index (χ1v) is 6.61. The van der Waals surface area contributed by atoms with Crippen LogP contribution in [0.3, 0.4) is 0 Å². The molecule has 1 aromatic heterocycles. The smallest absolute Gasteiger partial charge is 0.278 e. The predicted molar refractivity (Wildman–Crippen MR) is 73.2 cm³/mol. The molecular formula is C12H11BrN2O4. The fourth-order valence-electron chi connectivity index (χ4n) is 1.91. The number of non-ortho nitro benzene ring substituents is 1. The van der Waals surface area contributed by atoms with Gasteiger partial charge in [0.15, 0.2) is 0 Å². The molecule has 7 heteroatoms. The molecule has 0 aliphatic heterocycles. The van der Waals surface area contributed by atoms with E-state index in [0.717, 1.165) is 0 Å². The lowest BCUT2D eigenvalue weighted by molar-refractivity contribution is -0.383. The minimum atomic E-state index is -1.12. The van der Waals surface area contributed by atoms with Crippen molar-refractivity contribution in [3.8, 4) is 0 Å². The fraction of sp³-hybridized carbons (Fsp3) is 0.250. The lowest BCUT2D eigenvalue weighted by Crippen LogP contribution is -2.19. The van der Waals surface area contributed by atoms with Crippen LogP contribution in [0, 0.1) is 10.1 Å². The Kier molecular flexibility index (Phi) is 4.08. The van der Waals surface area contributed by atoms with E-state index in [0.29, 0.717) is 16.3 Å². The highest BCUT2D eigenvalue weighted by molar-refractivity contribution is 9.09. The molecule has 2 aromatic rings. The number of hydrogen-bond donors (Lipinski definition) is 2. The average Bonchev–Trinajstić information content (AvgIpc) is 2.44. The molecule has 0 saturated heterocycles. The van der Waals surface area contributed by atoms with E-state index in [4.69, 9.17) is 0 Å². The monoisotopic (exact) mass is 326 g/mol. The van der Waals surface area contributed by atoms with Crippen molar-refractivity contribution in [1.82, 2.24) is 4.98 Å². The van der Waals surface area contributed by atoms with Crippen molar-refractivity contribution in [2.45, 2.75) is 12.2 Å². The van der Waals surface area contributed by atoms with Crippen LogP contribution in [0.5, 0.6) is 0 Å². The van der Waals surface area contributed by atoms with Crippen molar-refractivity contribution in [2.75, 3.05) is 5.33 Å². The second-order valence-corrected chi connectivity index (χ2v) is 4.67. The van der Waals surface area contributed by atoms with Gasteiger partial charge >= 0.3 is 0 Å². The normalized spacial score (nSPS) is 14.3. The zero-order valence-electron chi connectivity index (χ0n) is 9.73. The number of pyridine rings is 1. The summed E-state index contributed by atoms with van der Waals surface area (Å²) in [6.07, 6.45) is 0.760. The lowest BCUT2D eigenvalue weighted by Gasteiger charge is -2.17. The molecule has 100 valence electrons. The SMILES string of the molecule is O=[N+]([O-])c1ccc(C(O)C(O)CBr)c2ccncc12. The fourth-order valence-corrected chi connectivity index (χ4v) is 2.26. The molecule has 0 fully saturated rings. The Morgan fingerprint density at radius 1 is 1.32 bits per heavy atom. The zero-order valence-corrected chi connectivity index (χ0v) is 11.3. The van der Waals surface area contributed by atoms with E-state index in [1.54, 1.807) is 6.07 Å². The minimum absolute atomic E-state index is 0.0765. The Balaban J connectivity index is 2.65. The Hall–Kier alpha value is -1.57. The van der Waals surface area contributed by atoms with E-state index in [1.165, 1.54) is 24.5 Å². The first kappa shape index (κ1) is 13.9. The molecule has 1 heterocycles. The van der Waals surface area contributed by atoms with E-state index in [9.17, 15) is 20.3 Å². The van der Waals surface area contributed by atoms with Gasteiger partial charge < -0.3 is 10.2 Å². The number of alkyl halides is 1. The molecule has 2 unspecified atom stereocenters. The van der Waals surface area contributed by atoms with Gasteiger partial charge in [0, 0.05) is 23.8 Å². The summed E-state index contributed by atoms with van der Waals surface area (Å²) >= 11 is 3.08. The minimum Gasteiger partial charge on any atom is -0.389 e. The van der Waals surface area contributed by atoms with Crippen molar-refractivity contribution < 1.29 is 15.1 Å². The van der Waals surface area contributed by atoms with E-state index in [-0.39, 0.29) is 11.0 Å². The summed E-state index contributed by atoms with van der Waals surface area (Å²) in [5.74, 6) is 0. The molecule has 2 rings (SSSR count). The number of rotatable bonds is 4. The van der Waals surface area contributed by atoms with Gasteiger partial charge in [-0.15, -0.1) is 0 Å². The van der Waals surface area contributed by atoms with Gasteiger partial charge in [-0.05, 0) is 23.1 Å². The van der Waals surface area contributed by atoms with Crippen LogP contribution < -0.4 is 0 Å². The third-order valence-electron chi connectivity index (χ3n) is 2.87. The van der Waals surface area contributed by atoms with Gasteiger partial charge in [0.2, 0.25) is 0 Å². The Morgan fingerprint density at radius 2 is 2.05 bits per heavy atom. The standard InChI is InChI=1S/C12H11BrN2O4/c13-5-11(16)12(17)8-1-2-10(15(18)19)9-6-14-4-3-7(8)9/h1-4,6,11-12,16-17H,5H2. The molecule has 0 bridgehead atoms. The van der Waals surface area contributed by atoms with Gasteiger partial charge in [0.05, 0.1) is 16.4 Å². The van der Waals surface area contributed by atoms with Crippen molar-refractivity contribution in [3.63, 3.8) is 0 Å². The molecule has 6 nitrogen and oxygen atoms in total. The highest BCUT2D eigenvalue weighted by Crippen LogP contribution is 2.32. The summed E-state index contributed by atoms with van der Waals surface area (Å²) in [5.41, 5.74) is 0.363. The van der Waals surface area contributed by atoms with Gasteiger partial charge in [-0.25, -0.2) is 0 Å². The number of nitro groups is 1. The Bertz CT molecular complexity index is 620. The van der Waals surface area contributed by atoms with Crippen LogP contribution in [-0.2, 0) is 0 Å². The van der Waals surface area contributed by atoms with Crippen molar-refractivity contribution in [2.24, 2.45) is 0 Å². The highest BCUT2D eigenvalue weighted by Gasteiger charge is 2.22. The number of halogens is 1. The molecule has 1 aromatic carbocycles. The Morgan fingerprint density at radius 3 is 2.68 bits per heavy atom. The highest BCUT2D eigenvalue weighted by atomic mass is 79.9. The van der Waals surface area contributed by atoms with Crippen LogP contribution in [0.15, 0.2) is 30.6 Å². The summed E-state index contributed by atoms with van der Waals surface area (Å²) in [5, 5.41) is 31.7. The number of fused-ring (bicyclic) bond motifs is 1. The number of hydrogen-bond acceptors (Lipinski definition) is 5. The first-order valence-electron chi connectivity index (χ1n) is 5.49. The van der Waals surface area contributed by atoms with E-state index in [2.05, 4.69) is 20.9 Å². The molecule has 2 N–H and O–H groups in total. The van der Waals surface area contributed by atoms with Gasteiger partial charge in [-0.1, -0.05) is 15.9 Å². The quantitative estimate of drug-likeness (QED) is 0.508. The number of nitro benzene ring substituents is 1. The summed E-state index contributed by atoms with van der Waals surface area (Å²) in [7, 11) is 0. The third-order valence-corrected chi connectivity index (χ3v) is 3.53. The molecular weight excluding hydrogens is 316 g/mol. The maximum absolute atomic E-state index is 10.9. The third kappa shape index (κ3) is 2.58. The molecule has 0 aliphatic rings. The van der Waals surface area contributed by atoms with Crippen LogP contribution in [0.4, 0.5) is 5.69 Å². The van der Waals surface area contributed by atoms with Crippen molar-refractivity contribution in [3.05, 3.63) is 46.3 Å². The average molecular weight is 327 g/mol. The van der Waals surface area contributed by atoms with Crippen molar-refractivity contribution >= 4 is 32.4 Å². The topological polar surface area (TPSA) is 96.5 Å². The maximum atomic E-state index is 10.9. The maximum Gasteiger partial charge on any atom is 0.278 e. The zero-order chi connectivity index (χ0) is 14.0. The molecule has 0 aliphatic carbocycles. The summed E-state index contributed by atoms with van der Waals surface area (Å²) in [6.45, 7) is 0. The van der Waals surface area contributed by atoms with E-state index >= 15 is 0 Å². The molecule has 19 heavy (non-hydrogen) atoms. The number of nitrogens with zero attached hydrogens (tertiary/aromatic N) is 2. The number of aliphatic hydroxyl groups excluding tert-OH is 2. The van der Waals surface area contributed by atoms with Gasteiger partial charge in [-0.3, -0.25) is 15.1 Å². The van der Waals surface area contributed by atoms with Crippen LogP contribution in [0.1, 0.15) is 11.7 Å².